The molecule has 0 amide bonds. The molecule has 2 aromatic rings. The summed E-state index contributed by atoms with van der Waals surface area (Å²) in [6.45, 7) is 1.70. The van der Waals surface area contributed by atoms with Crippen LogP contribution in [0.4, 0.5) is 0 Å². The number of aromatic amines is 2. The molecule has 6 heteroatoms. The average molecular weight is 178 g/mol. The van der Waals surface area contributed by atoms with Crippen LogP contribution in [0, 0.1) is 6.92 Å². The summed E-state index contributed by atoms with van der Waals surface area (Å²) in [7, 11) is 0. The molecule has 0 aliphatic heterocycles. The van der Waals surface area contributed by atoms with E-state index < -0.39 is 11.1 Å². The van der Waals surface area contributed by atoms with Crippen LogP contribution in [0.15, 0.2) is 15.8 Å². The normalized spacial score (nSPS) is 10.5. The number of fused-ring (bicyclic) bond motifs is 1. The van der Waals surface area contributed by atoms with Crippen LogP contribution in [-0.4, -0.2) is 20.2 Å². The second kappa shape index (κ2) is 2.51. The van der Waals surface area contributed by atoms with Crippen LogP contribution in [0.3, 0.4) is 0 Å². The number of nitrogens with one attached hydrogen (secondary N) is 2. The van der Waals surface area contributed by atoms with E-state index >= 15 is 0 Å². The lowest BCUT2D eigenvalue weighted by Gasteiger charge is -1.94. The molecule has 0 saturated carbocycles. The van der Waals surface area contributed by atoms with Crippen LogP contribution in [0.5, 0.6) is 0 Å². The van der Waals surface area contributed by atoms with Crippen LogP contribution in [0.2, 0.25) is 0 Å². The number of aromatic nitrogens is 4. The Kier molecular flexibility index (Phi) is 1.48. The maximum atomic E-state index is 11.2. The molecule has 0 spiro atoms. The maximum Gasteiger partial charge on any atom is 0.290 e. The van der Waals surface area contributed by atoms with E-state index in [1.807, 2.05) is 0 Å². The quantitative estimate of drug-likeness (QED) is 0.558. The summed E-state index contributed by atoms with van der Waals surface area (Å²) in [4.78, 5) is 30.0. The zero-order valence-corrected chi connectivity index (χ0v) is 6.79. The molecule has 2 aromatic heterocycles. The molecule has 13 heavy (non-hydrogen) atoms. The van der Waals surface area contributed by atoms with Gasteiger partial charge < -0.3 is 0 Å². The fraction of sp³-hybridized carbons (Fsp3) is 0.143. The first kappa shape index (κ1) is 7.66. The molecule has 66 valence electrons. The van der Waals surface area contributed by atoms with Crippen molar-refractivity contribution in [1.29, 1.82) is 0 Å². The van der Waals surface area contributed by atoms with Gasteiger partial charge in [0.25, 0.3) is 11.1 Å². The predicted octanol–water partition coefficient (Wildman–Crippen LogP) is -0.685. The minimum absolute atomic E-state index is 0.0642. The second-order valence-electron chi connectivity index (χ2n) is 2.62. The smallest absolute Gasteiger partial charge is 0.266 e. The Morgan fingerprint density at radius 1 is 1.15 bits per heavy atom. The number of hydrogen-bond donors (Lipinski definition) is 2. The van der Waals surface area contributed by atoms with E-state index in [-0.39, 0.29) is 11.0 Å². The highest BCUT2D eigenvalue weighted by Crippen LogP contribution is 1.96. The summed E-state index contributed by atoms with van der Waals surface area (Å²) in [5, 5.41) is 4.34. The summed E-state index contributed by atoms with van der Waals surface area (Å²) in [5.74, 6) is 0. The topological polar surface area (TPSA) is 91.5 Å². The van der Waals surface area contributed by atoms with Crippen molar-refractivity contribution in [1.82, 2.24) is 20.2 Å². The first-order valence-electron chi connectivity index (χ1n) is 3.63. The van der Waals surface area contributed by atoms with Crippen LogP contribution in [0.25, 0.3) is 11.0 Å². The lowest BCUT2D eigenvalue weighted by atomic mass is 10.4. The first-order valence-corrected chi connectivity index (χ1v) is 3.63. The lowest BCUT2D eigenvalue weighted by Crippen LogP contribution is -2.21. The summed E-state index contributed by atoms with van der Waals surface area (Å²) in [6.07, 6.45) is 1.44. The van der Waals surface area contributed by atoms with E-state index in [4.69, 9.17) is 0 Å². The highest BCUT2D eigenvalue weighted by molar-refractivity contribution is 5.70. The predicted molar refractivity (Wildman–Crippen MR) is 45.5 cm³/mol. The molecular formula is C7H6N4O2. The third-order valence-electron chi connectivity index (χ3n) is 1.61. The fourth-order valence-corrected chi connectivity index (χ4v) is 1.03. The first-order chi connectivity index (χ1) is 6.18. The van der Waals surface area contributed by atoms with Gasteiger partial charge in [-0.1, -0.05) is 0 Å². The van der Waals surface area contributed by atoms with Gasteiger partial charge in [-0.05, 0) is 6.92 Å². The van der Waals surface area contributed by atoms with Crippen molar-refractivity contribution in [2.24, 2.45) is 0 Å². The van der Waals surface area contributed by atoms with Crippen LogP contribution in [0.1, 0.15) is 5.69 Å². The molecule has 0 saturated heterocycles. The molecule has 0 fully saturated rings. The highest BCUT2D eigenvalue weighted by atomic mass is 16.1. The minimum Gasteiger partial charge on any atom is -0.266 e. The van der Waals surface area contributed by atoms with Crippen molar-refractivity contribution in [2.75, 3.05) is 0 Å². The van der Waals surface area contributed by atoms with Crippen LogP contribution < -0.4 is 11.1 Å². The van der Waals surface area contributed by atoms with Gasteiger partial charge in [0.1, 0.15) is 0 Å². The maximum absolute atomic E-state index is 11.2. The second-order valence-corrected chi connectivity index (χ2v) is 2.62. The fourth-order valence-electron chi connectivity index (χ4n) is 1.03. The van der Waals surface area contributed by atoms with Gasteiger partial charge in [-0.15, -0.1) is 0 Å². The van der Waals surface area contributed by atoms with E-state index in [1.165, 1.54) is 6.20 Å². The third kappa shape index (κ3) is 1.12. The van der Waals surface area contributed by atoms with E-state index in [0.717, 1.165) is 0 Å². The molecule has 0 atom stereocenters. The van der Waals surface area contributed by atoms with E-state index in [0.29, 0.717) is 5.69 Å². The number of aryl methyl sites for hydroxylation is 1. The molecule has 0 aliphatic carbocycles. The Labute approximate surface area is 71.6 Å². The Morgan fingerprint density at radius 3 is 2.46 bits per heavy atom. The monoisotopic (exact) mass is 178 g/mol. The highest BCUT2D eigenvalue weighted by Gasteiger charge is 2.04. The minimum atomic E-state index is -0.442. The van der Waals surface area contributed by atoms with Gasteiger partial charge in [0, 0.05) is 6.20 Å². The summed E-state index contributed by atoms with van der Waals surface area (Å²) in [5.41, 5.74) is -0.144. The Balaban J connectivity index is 3.10. The van der Waals surface area contributed by atoms with Crippen molar-refractivity contribution in [3.05, 3.63) is 32.6 Å². The zero-order chi connectivity index (χ0) is 9.42. The summed E-state index contributed by atoms with van der Waals surface area (Å²) in [6, 6.07) is 0. The molecule has 2 heterocycles. The molecular weight excluding hydrogens is 172 g/mol. The van der Waals surface area contributed by atoms with E-state index in [1.54, 1.807) is 6.92 Å². The van der Waals surface area contributed by atoms with Crippen molar-refractivity contribution >= 4 is 11.0 Å². The van der Waals surface area contributed by atoms with Gasteiger partial charge in [0.05, 0.1) is 5.69 Å². The average Bonchev–Trinajstić information content (AvgIpc) is 2.12. The summed E-state index contributed by atoms with van der Waals surface area (Å²) >= 11 is 0. The number of hydrogen-bond acceptors (Lipinski definition) is 4. The van der Waals surface area contributed by atoms with Gasteiger partial charge in [0.2, 0.25) is 0 Å². The Bertz CT molecular complexity index is 568. The Hall–Kier alpha value is -1.98. The van der Waals surface area contributed by atoms with Gasteiger partial charge >= 0.3 is 0 Å². The number of nitrogens with zero attached hydrogens (tertiary/aromatic N) is 2. The van der Waals surface area contributed by atoms with Crippen molar-refractivity contribution < 1.29 is 0 Å². The number of H-pyrrole nitrogens is 2. The largest absolute Gasteiger partial charge is 0.290 e. The molecule has 0 radical (unpaired) electrons. The molecule has 0 aliphatic rings. The van der Waals surface area contributed by atoms with Crippen LogP contribution in [-0.2, 0) is 0 Å². The number of rotatable bonds is 0. The molecule has 2 rings (SSSR count). The molecule has 2 N–H and O–H groups in total. The van der Waals surface area contributed by atoms with Gasteiger partial charge in [0.15, 0.2) is 11.0 Å². The van der Waals surface area contributed by atoms with Gasteiger partial charge in [-0.25, -0.2) is 9.97 Å². The zero-order valence-electron chi connectivity index (χ0n) is 6.79. The summed E-state index contributed by atoms with van der Waals surface area (Å²) < 4.78 is 0. The lowest BCUT2D eigenvalue weighted by molar-refractivity contribution is 0.956. The van der Waals surface area contributed by atoms with Gasteiger partial charge in [-0.3, -0.25) is 19.8 Å². The molecule has 0 aromatic carbocycles. The third-order valence-corrected chi connectivity index (χ3v) is 1.61. The van der Waals surface area contributed by atoms with E-state index in [9.17, 15) is 9.59 Å². The standard InChI is InChI=1S/C7H6N4O2/c1-3-2-8-4-5(9-3)7(13)11-10-6(4)12/h2H,1H3,(H,10,12)(H,11,13). The van der Waals surface area contributed by atoms with Crippen molar-refractivity contribution in [2.45, 2.75) is 6.92 Å². The molecule has 0 unspecified atom stereocenters. The van der Waals surface area contributed by atoms with Gasteiger partial charge in [-0.2, -0.15) is 0 Å². The Morgan fingerprint density at radius 2 is 1.77 bits per heavy atom. The van der Waals surface area contributed by atoms with Crippen molar-refractivity contribution in [3.8, 4) is 0 Å². The molecule has 6 nitrogen and oxygen atoms in total. The SMILES string of the molecule is Cc1cnc2c(=O)[nH][nH]c(=O)c2n1. The van der Waals surface area contributed by atoms with Crippen LogP contribution >= 0.6 is 0 Å². The van der Waals surface area contributed by atoms with Crippen molar-refractivity contribution in [3.63, 3.8) is 0 Å². The van der Waals surface area contributed by atoms with E-state index in [2.05, 4.69) is 20.2 Å². The molecule has 0 bridgehead atoms.